The first-order valence-electron chi connectivity index (χ1n) is 6.21. The van der Waals surface area contributed by atoms with Crippen LogP contribution < -0.4 is 0 Å². The molecule has 0 unspecified atom stereocenters. The molecule has 0 spiro atoms. The maximum absolute atomic E-state index is 12.4. The van der Waals surface area contributed by atoms with Gasteiger partial charge in [0, 0.05) is 0 Å². The molecule has 4 heteroatoms. The number of hydrogen-bond acceptors (Lipinski definition) is 3. The summed E-state index contributed by atoms with van der Waals surface area (Å²) in [5.41, 5.74) is 0. The summed E-state index contributed by atoms with van der Waals surface area (Å²) in [6, 6.07) is 0. The van der Waals surface area contributed by atoms with Crippen molar-refractivity contribution in [1.29, 1.82) is 0 Å². The van der Waals surface area contributed by atoms with E-state index >= 15 is 0 Å². The Labute approximate surface area is 105 Å². The van der Waals surface area contributed by atoms with Gasteiger partial charge in [0.2, 0.25) is 0 Å². The molecule has 0 aliphatic rings. The van der Waals surface area contributed by atoms with Crippen molar-refractivity contribution in [3.05, 3.63) is 0 Å². The van der Waals surface area contributed by atoms with E-state index in [-0.39, 0.29) is 27.1 Å². The molecule has 0 aromatic rings. The Balaban J connectivity index is 6.34. The summed E-state index contributed by atoms with van der Waals surface area (Å²) in [5, 5.41) is 0. The van der Waals surface area contributed by atoms with Gasteiger partial charge in [-0.1, -0.05) is 0 Å². The summed E-state index contributed by atoms with van der Waals surface area (Å²) in [5.74, 6) is -0.0326. The van der Waals surface area contributed by atoms with Crippen molar-refractivity contribution >= 4 is 14.0 Å². The Hall–Kier alpha value is -0.276. The first-order chi connectivity index (χ1) is 7.53. The van der Waals surface area contributed by atoms with E-state index in [0.29, 0.717) is 0 Å². The molecule has 0 heterocycles. The molecule has 0 aliphatic heterocycles. The van der Waals surface area contributed by atoms with Crippen molar-refractivity contribution in [1.82, 2.24) is 0 Å². The summed E-state index contributed by atoms with van der Waals surface area (Å²) >= 11 is -4.16. The third-order valence-corrected chi connectivity index (χ3v) is 20.3. The van der Waals surface area contributed by atoms with Crippen LogP contribution in [0.4, 0.5) is 0 Å². The molecule has 0 saturated heterocycles. The zero-order valence-corrected chi connectivity index (χ0v) is 13.6. The molecule has 0 N–H and O–H groups in total. The molecule has 0 bridgehead atoms. The van der Waals surface area contributed by atoms with E-state index in [0.717, 1.165) is 0 Å². The number of rotatable bonds is 6. The zero-order chi connectivity index (χ0) is 14.0. The van der Waals surface area contributed by atoms with Gasteiger partial charge in [0.05, 0.1) is 0 Å². The number of Topliss-reactive ketones (excluding diaryl/α,β-unsaturated/α-hetero) is 1. The maximum atomic E-state index is 12.4. The second-order valence-corrected chi connectivity index (χ2v) is 17.4. The molecule has 0 aromatic heterocycles. The van der Waals surface area contributed by atoms with Crippen molar-refractivity contribution in [2.75, 3.05) is 0 Å². The number of ketones is 1. The molecule has 0 aromatic carbocycles. The number of carbonyl (C=O) groups is 3. The van der Waals surface area contributed by atoms with Gasteiger partial charge in [-0.05, 0) is 0 Å². The van der Waals surface area contributed by atoms with Gasteiger partial charge in [0.15, 0.2) is 0 Å². The fourth-order valence-corrected chi connectivity index (χ4v) is 15.4. The molecule has 0 radical (unpaired) electrons. The fourth-order valence-electron chi connectivity index (χ4n) is 3.73. The van der Waals surface area contributed by atoms with E-state index in [2.05, 4.69) is 0 Å². The first-order valence-corrected chi connectivity index (χ1v) is 10.7. The van der Waals surface area contributed by atoms with Crippen LogP contribution in [0.2, 0.25) is 13.2 Å². The van der Waals surface area contributed by atoms with E-state index in [9.17, 15) is 14.4 Å². The van der Waals surface area contributed by atoms with Gasteiger partial charge in [-0.2, -0.15) is 0 Å². The summed E-state index contributed by atoms with van der Waals surface area (Å²) in [6.45, 7) is 12.3. The van der Waals surface area contributed by atoms with Crippen molar-refractivity contribution in [2.45, 2.75) is 61.6 Å². The van der Waals surface area contributed by atoms with Gasteiger partial charge in [0.1, 0.15) is 0 Å². The summed E-state index contributed by atoms with van der Waals surface area (Å²) < 4.78 is 0.165. The molecule has 17 heavy (non-hydrogen) atoms. The van der Waals surface area contributed by atoms with Crippen molar-refractivity contribution in [2.24, 2.45) is 0 Å². The first kappa shape index (κ1) is 16.7. The summed E-state index contributed by atoms with van der Waals surface area (Å²) in [7, 11) is 0. The third-order valence-electron chi connectivity index (χ3n) is 4.93. The average molecular weight is 277 g/mol. The standard InChI is InChI=1S/C3H5O.2C3H7.2C2H3O.Ti/c1-3(2)4;2*1-3-2;2*1-2-3;/h1H2,2H3;2*3H,1-2H3;2*1H3;. The molecule has 0 rings (SSSR count). The molecule has 0 atom stereocenters. The fraction of sp³-hybridized carbons (Fsp3) is 0.769. The molecule has 0 saturated carbocycles. The van der Waals surface area contributed by atoms with E-state index in [4.69, 9.17) is 0 Å². The molecule has 99 valence electrons. The van der Waals surface area contributed by atoms with Crippen molar-refractivity contribution in [3.63, 3.8) is 0 Å². The van der Waals surface area contributed by atoms with Crippen LogP contribution in [0.15, 0.2) is 0 Å². The summed E-state index contributed by atoms with van der Waals surface area (Å²) in [6.07, 6.45) is 0. The van der Waals surface area contributed by atoms with E-state index in [1.54, 1.807) is 0 Å². The van der Waals surface area contributed by atoms with Crippen LogP contribution in [0.3, 0.4) is 0 Å². The van der Waals surface area contributed by atoms with E-state index in [1.807, 2.05) is 27.7 Å². The topological polar surface area (TPSA) is 51.2 Å². The molecular weight excluding hydrogens is 252 g/mol. The Morgan fingerprint density at radius 1 is 0.824 bits per heavy atom. The van der Waals surface area contributed by atoms with Crippen LogP contribution >= 0.6 is 0 Å². The minimum atomic E-state index is -4.16. The number of hydrogen-bond donors (Lipinski definition) is 0. The summed E-state index contributed by atoms with van der Waals surface area (Å²) in [4.78, 5) is 36.3. The van der Waals surface area contributed by atoms with Crippen molar-refractivity contribution in [3.8, 4) is 0 Å². The van der Waals surface area contributed by atoms with E-state index < -0.39 is 15.3 Å². The second-order valence-electron chi connectivity index (χ2n) is 5.93. The second kappa shape index (κ2) is 5.15. The Kier molecular flexibility index (Phi) is 5.07. The van der Waals surface area contributed by atoms with Gasteiger partial charge in [-0.3, -0.25) is 0 Å². The van der Waals surface area contributed by atoms with Crippen LogP contribution in [0.5, 0.6) is 0 Å². The average Bonchev–Trinajstić information content (AvgIpc) is 2.11. The monoisotopic (exact) mass is 277 g/mol. The van der Waals surface area contributed by atoms with Crippen LogP contribution in [-0.4, -0.2) is 14.0 Å². The quantitative estimate of drug-likeness (QED) is 0.699. The predicted molar refractivity (Wildman–Crippen MR) is 67.0 cm³/mol. The van der Waals surface area contributed by atoms with Crippen LogP contribution in [-0.2, 0) is 29.7 Å². The van der Waals surface area contributed by atoms with Gasteiger partial charge in [-0.15, -0.1) is 0 Å². The van der Waals surface area contributed by atoms with Crippen molar-refractivity contribution < 1.29 is 29.7 Å². The Bertz CT molecular complexity index is 330. The van der Waals surface area contributed by atoms with Gasteiger partial charge < -0.3 is 0 Å². The number of carbonyl (C=O) groups excluding carboxylic acids is 3. The minimum absolute atomic E-state index is 0.00491. The Morgan fingerprint density at radius 2 is 1.12 bits per heavy atom. The van der Waals surface area contributed by atoms with E-state index in [1.165, 1.54) is 20.8 Å². The predicted octanol–water partition coefficient (Wildman–Crippen LogP) is 3.43. The van der Waals surface area contributed by atoms with Gasteiger partial charge in [-0.25, -0.2) is 0 Å². The van der Waals surface area contributed by atoms with Gasteiger partial charge >= 0.3 is 105 Å². The molecule has 0 aliphatic carbocycles. The molecule has 3 nitrogen and oxygen atoms in total. The van der Waals surface area contributed by atoms with Crippen LogP contribution in [0, 0.1) is 0 Å². The third kappa shape index (κ3) is 2.08. The molecule has 0 amide bonds. The normalized spacial score (nSPS) is 14.5. The molecule has 0 fully saturated rings. The Morgan fingerprint density at radius 3 is 1.18 bits per heavy atom. The zero-order valence-electron chi connectivity index (χ0n) is 12.1. The SMILES string of the molecule is CC(=O)[CH2][Ti]([C](C)=O)([C](C)=O)([CH](C)C)[CH](C)C. The van der Waals surface area contributed by atoms with Crippen LogP contribution in [0.1, 0.15) is 48.5 Å². The molecular formula is C13H25O3Ti. The van der Waals surface area contributed by atoms with Gasteiger partial charge in [0.25, 0.3) is 0 Å². The van der Waals surface area contributed by atoms with Crippen LogP contribution in [0.25, 0.3) is 0 Å².